The maximum Gasteiger partial charge on any atom is 0.358 e. The highest BCUT2D eigenvalue weighted by Gasteiger charge is 2.23. The van der Waals surface area contributed by atoms with Gasteiger partial charge in [-0.15, -0.1) is 5.10 Å². The van der Waals surface area contributed by atoms with Crippen molar-refractivity contribution in [2.24, 2.45) is 0 Å². The van der Waals surface area contributed by atoms with Gasteiger partial charge >= 0.3 is 5.97 Å². The van der Waals surface area contributed by atoms with Crippen LogP contribution in [0.4, 0.5) is 4.39 Å². The molecule has 0 unspecified atom stereocenters. The minimum absolute atomic E-state index is 0.228. The molecule has 2 aromatic rings. The SMILES string of the molecule is CCn1nnc(C(=O)O)c1-c1cc(F)ccc1OC. The summed E-state index contributed by atoms with van der Waals surface area (Å²) >= 11 is 0. The standard InChI is InChI=1S/C12H12FN3O3/c1-3-16-11(10(12(17)18)14-15-16)8-6-7(13)4-5-9(8)19-2/h4-6H,3H2,1-2H3,(H,17,18). The second-order valence-electron chi connectivity index (χ2n) is 3.75. The number of aryl methyl sites for hydroxylation is 1. The molecule has 0 saturated heterocycles. The summed E-state index contributed by atoms with van der Waals surface area (Å²) in [5.74, 6) is -1.35. The molecule has 0 aliphatic rings. The number of carboxylic acids is 1. The number of halogens is 1. The quantitative estimate of drug-likeness (QED) is 0.912. The molecule has 19 heavy (non-hydrogen) atoms. The Morgan fingerprint density at radius 3 is 2.84 bits per heavy atom. The number of carbonyl (C=O) groups is 1. The maximum absolute atomic E-state index is 13.4. The molecule has 0 aliphatic heterocycles. The summed E-state index contributed by atoms with van der Waals surface area (Å²) in [5.41, 5.74) is 0.309. The average molecular weight is 265 g/mol. The van der Waals surface area contributed by atoms with Crippen LogP contribution in [-0.4, -0.2) is 33.2 Å². The zero-order valence-electron chi connectivity index (χ0n) is 10.4. The van der Waals surface area contributed by atoms with Gasteiger partial charge in [0.05, 0.1) is 7.11 Å². The molecule has 0 atom stereocenters. The highest BCUT2D eigenvalue weighted by atomic mass is 19.1. The second-order valence-corrected chi connectivity index (χ2v) is 3.75. The van der Waals surface area contributed by atoms with Gasteiger partial charge in [-0.05, 0) is 25.1 Å². The first-order chi connectivity index (χ1) is 9.08. The molecule has 6 nitrogen and oxygen atoms in total. The van der Waals surface area contributed by atoms with Crippen molar-refractivity contribution in [1.82, 2.24) is 15.0 Å². The second kappa shape index (κ2) is 5.05. The van der Waals surface area contributed by atoms with E-state index in [0.717, 1.165) is 0 Å². The van der Waals surface area contributed by atoms with Gasteiger partial charge in [0.15, 0.2) is 5.69 Å². The van der Waals surface area contributed by atoms with Crippen molar-refractivity contribution < 1.29 is 19.0 Å². The molecule has 0 bridgehead atoms. The van der Waals surface area contributed by atoms with Crippen LogP contribution >= 0.6 is 0 Å². The largest absolute Gasteiger partial charge is 0.496 e. The number of methoxy groups -OCH3 is 1. The first kappa shape index (κ1) is 13.0. The van der Waals surface area contributed by atoms with E-state index < -0.39 is 11.8 Å². The van der Waals surface area contributed by atoms with Gasteiger partial charge in [0.1, 0.15) is 17.3 Å². The fourth-order valence-corrected chi connectivity index (χ4v) is 1.81. The van der Waals surface area contributed by atoms with E-state index in [4.69, 9.17) is 9.84 Å². The normalized spacial score (nSPS) is 10.5. The van der Waals surface area contributed by atoms with Gasteiger partial charge < -0.3 is 9.84 Å². The maximum atomic E-state index is 13.4. The van der Waals surface area contributed by atoms with Gasteiger partial charge in [-0.1, -0.05) is 5.21 Å². The van der Waals surface area contributed by atoms with E-state index in [1.165, 1.54) is 30.0 Å². The topological polar surface area (TPSA) is 77.2 Å². The number of benzene rings is 1. The summed E-state index contributed by atoms with van der Waals surface area (Å²) in [4.78, 5) is 11.2. The van der Waals surface area contributed by atoms with Crippen LogP contribution in [0.2, 0.25) is 0 Å². The predicted octanol–water partition coefficient (Wildman–Crippen LogP) is 1.81. The van der Waals surface area contributed by atoms with E-state index in [1.54, 1.807) is 6.92 Å². The van der Waals surface area contributed by atoms with Crippen LogP contribution < -0.4 is 4.74 Å². The van der Waals surface area contributed by atoms with Gasteiger partial charge in [-0.3, -0.25) is 0 Å². The smallest absolute Gasteiger partial charge is 0.358 e. The Bertz CT molecular complexity index is 625. The number of hydrogen-bond donors (Lipinski definition) is 1. The molecule has 0 aliphatic carbocycles. The molecular weight excluding hydrogens is 253 g/mol. The Kier molecular flexibility index (Phi) is 3.46. The van der Waals surface area contributed by atoms with Crippen molar-refractivity contribution in [3.63, 3.8) is 0 Å². The van der Waals surface area contributed by atoms with Gasteiger partial charge in [-0.25, -0.2) is 13.9 Å². The van der Waals surface area contributed by atoms with Gasteiger partial charge in [0.2, 0.25) is 0 Å². The average Bonchev–Trinajstić information content (AvgIpc) is 2.82. The molecule has 0 fully saturated rings. The Balaban J connectivity index is 2.73. The molecule has 2 rings (SSSR count). The lowest BCUT2D eigenvalue weighted by molar-refractivity contribution is 0.0691. The van der Waals surface area contributed by atoms with Crippen LogP contribution in [0.15, 0.2) is 18.2 Å². The summed E-state index contributed by atoms with van der Waals surface area (Å²) in [7, 11) is 1.43. The van der Waals surface area contributed by atoms with E-state index >= 15 is 0 Å². The fraction of sp³-hybridized carbons (Fsp3) is 0.250. The summed E-state index contributed by atoms with van der Waals surface area (Å²) in [5, 5.41) is 16.5. The number of carboxylic acid groups (broad SMARTS) is 1. The number of aromatic carboxylic acids is 1. The van der Waals surface area contributed by atoms with Crippen molar-refractivity contribution >= 4 is 5.97 Å². The third kappa shape index (κ3) is 2.26. The molecule has 1 aromatic heterocycles. The molecule has 0 spiro atoms. The fourth-order valence-electron chi connectivity index (χ4n) is 1.81. The Morgan fingerprint density at radius 2 is 2.26 bits per heavy atom. The minimum Gasteiger partial charge on any atom is -0.496 e. The summed E-state index contributed by atoms with van der Waals surface area (Å²) in [6.45, 7) is 2.20. The van der Waals surface area contributed by atoms with E-state index in [1.807, 2.05) is 0 Å². The van der Waals surface area contributed by atoms with Crippen molar-refractivity contribution in [3.05, 3.63) is 29.7 Å². The zero-order chi connectivity index (χ0) is 14.0. The van der Waals surface area contributed by atoms with Crippen LogP contribution in [0.3, 0.4) is 0 Å². The molecule has 0 saturated carbocycles. The molecule has 100 valence electrons. The van der Waals surface area contributed by atoms with E-state index in [-0.39, 0.29) is 11.4 Å². The molecule has 7 heteroatoms. The molecule has 0 radical (unpaired) electrons. The monoisotopic (exact) mass is 265 g/mol. The molecular formula is C12H12FN3O3. The van der Waals surface area contributed by atoms with Crippen molar-refractivity contribution in [3.8, 4) is 17.0 Å². The molecule has 1 N–H and O–H groups in total. The summed E-state index contributed by atoms with van der Waals surface area (Å²) in [6, 6.07) is 3.88. The predicted molar refractivity (Wildman–Crippen MR) is 64.6 cm³/mol. The number of hydrogen-bond acceptors (Lipinski definition) is 4. The number of rotatable bonds is 4. The van der Waals surface area contributed by atoms with Crippen LogP contribution in [-0.2, 0) is 6.54 Å². The lowest BCUT2D eigenvalue weighted by Gasteiger charge is -2.10. The minimum atomic E-state index is -1.22. The van der Waals surface area contributed by atoms with Crippen molar-refractivity contribution in [2.45, 2.75) is 13.5 Å². The first-order valence-electron chi connectivity index (χ1n) is 5.59. The van der Waals surface area contributed by atoms with Crippen molar-refractivity contribution in [1.29, 1.82) is 0 Å². The molecule has 1 aromatic carbocycles. The highest BCUT2D eigenvalue weighted by Crippen LogP contribution is 2.32. The highest BCUT2D eigenvalue weighted by molar-refractivity contribution is 5.93. The van der Waals surface area contributed by atoms with Gasteiger partial charge in [0.25, 0.3) is 0 Å². The lowest BCUT2D eigenvalue weighted by Crippen LogP contribution is -2.04. The van der Waals surface area contributed by atoms with E-state index in [2.05, 4.69) is 10.3 Å². The Morgan fingerprint density at radius 1 is 1.53 bits per heavy atom. The number of aromatic nitrogens is 3. The molecule has 1 heterocycles. The number of nitrogens with zero attached hydrogens (tertiary/aromatic N) is 3. The van der Waals surface area contributed by atoms with Crippen LogP contribution in [0.25, 0.3) is 11.3 Å². The van der Waals surface area contributed by atoms with Crippen molar-refractivity contribution in [2.75, 3.05) is 7.11 Å². The third-order valence-electron chi connectivity index (χ3n) is 2.65. The third-order valence-corrected chi connectivity index (χ3v) is 2.65. The van der Waals surface area contributed by atoms with E-state index in [9.17, 15) is 9.18 Å². The summed E-state index contributed by atoms with van der Waals surface area (Å²) in [6.07, 6.45) is 0. The van der Waals surface area contributed by atoms with Gasteiger partial charge in [-0.2, -0.15) is 0 Å². The zero-order valence-corrected chi connectivity index (χ0v) is 10.4. The van der Waals surface area contributed by atoms with Crippen LogP contribution in [0, 0.1) is 5.82 Å². The Hall–Kier alpha value is -2.44. The van der Waals surface area contributed by atoms with E-state index in [0.29, 0.717) is 17.9 Å². The van der Waals surface area contributed by atoms with Crippen LogP contribution in [0.5, 0.6) is 5.75 Å². The Labute approximate surface area is 108 Å². The lowest BCUT2D eigenvalue weighted by atomic mass is 10.1. The molecule has 0 amide bonds. The number of ether oxygens (including phenoxy) is 1. The van der Waals surface area contributed by atoms with Crippen LogP contribution in [0.1, 0.15) is 17.4 Å². The summed E-state index contributed by atoms with van der Waals surface area (Å²) < 4.78 is 19.9. The van der Waals surface area contributed by atoms with Gasteiger partial charge in [0, 0.05) is 12.1 Å². The first-order valence-corrected chi connectivity index (χ1v) is 5.59.